The molecule has 4 aromatic carbocycles. The molecule has 2 amide bonds. The summed E-state index contributed by atoms with van der Waals surface area (Å²) in [6.07, 6.45) is 3.83. The van der Waals surface area contributed by atoms with Crippen LogP contribution < -0.4 is 4.90 Å². The number of nitro groups is 2. The van der Waals surface area contributed by atoms with Crippen molar-refractivity contribution >= 4 is 51.8 Å². The number of anilines is 1. The van der Waals surface area contributed by atoms with Crippen LogP contribution in [0.15, 0.2) is 78.9 Å². The molecule has 0 saturated heterocycles. The zero-order valence-corrected chi connectivity index (χ0v) is 18.0. The van der Waals surface area contributed by atoms with Gasteiger partial charge in [-0.05, 0) is 35.4 Å². The Bertz CT molecular complexity index is 1510. The quantitative estimate of drug-likeness (QED) is 0.163. The highest BCUT2D eigenvalue weighted by Gasteiger charge is 2.38. The smallest absolute Gasteiger partial charge is 0.268 e. The van der Waals surface area contributed by atoms with Gasteiger partial charge in [0.1, 0.15) is 5.39 Å². The van der Waals surface area contributed by atoms with Gasteiger partial charge in [-0.3, -0.25) is 29.8 Å². The largest absolute Gasteiger partial charge is 0.284 e. The second kappa shape index (κ2) is 8.31. The topological polar surface area (TPSA) is 124 Å². The van der Waals surface area contributed by atoms with Crippen LogP contribution in [0.25, 0.3) is 22.9 Å². The minimum atomic E-state index is -0.765. The van der Waals surface area contributed by atoms with E-state index in [0.717, 1.165) is 28.2 Å². The Morgan fingerprint density at radius 2 is 1.09 bits per heavy atom. The van der Waals surface area contributed by atoms with E-state index in [0.29, 0.717) is 5.69 Å². The lowest BCUT2D eigenvalue weighted by molar-refractivity contribution is -0.390. The van der Waals surface area contributed by atoms with E-state index in [1.807, 2.05) is 42.5 Å². The Balaban J connectivity index is 1.57. The van der Waals surface area contributed by atoms with Crippen molar-refractivity contribution in [3.8, 4) is 0 Å². The predicted molar refractivity (Wildman–Crippen MR) is 130 cm³/mol. The van der Waals surface area contributed by atoms with Crippen LogP contribution in [0.1, 0.15) is 31.8 Å². The van der Waals surface area contributed by atoms with Gasteiger partial charge in [0.2, 0.25) is 0 Å². The van der Waals surface area contributed by atoms with Crippen LogP contribution >= 0.6 is 0 Å². The van der Waals surface area contributed by atoms with Crippen LogP contribution in [-0.4, -0.2) is 21.7 Å². The third-order valence-corrected chi connectivity index (χ3v) is 5.80. The molecule has 1 aliphatic heterocycles. The number of carbonyl (C=O) groups is 2. The molecule has 0 unspecified atom stereocenters. The molecule has 9 nitrogen and oxygen atoms in total. The summed E-state index contributed by atoms with van der Waals surface area (Å²) in [4.78, 5) is 49.2. The van der Waals surface area contributed by atoms with Gasteiger partial charge in [0.25, 0.3) is 23.2 Å². The minimum absolute atomic E-state index is 0.0167. The number of benzene rings is 4. The lowest BCUT2D eigenvalue weighted by Gasteiger charge is -2.27. The number of amides is 2. The molecule has 0 aliphatic carbocycles. The van der Waals surface area contributed by atoms with Crippen LogP contribution in [0.2, 0.25) is 0 Å². The number of imide groups is 1. The average Bonchev–Trinajstić information content (AvgIpc) is 2.86. The van der Waals surface area contributed by atoms with Crippen LogP contribution in [0, 0.1) is 20.2 Å². The maximum Gasteiger partial charge on any atom is 0.284 e. The highest BCUT2D eigenvalue weighted by molar-refractivity contribution is 6.37. The number of rotatable bonds is 5. The predicted octanol–water partition coefficient (Wildman–Crippen LogP) is 5.63. The summed E-state index contributed by atoms with van der Waals surface area (Å²) in [5, 5.41) is 22.7. The molecule has 9 heteroatoms. The fourth-order valence-electron chi connectivity index (χ4n) is 4.18. The molecule has 0 atom stereocenters. The molecule has 0 saturated carbocycles. The normalized spacial score (nSPS) is 13.0. The first-order valence-electron chi connectivity index (χ1n) is 10.5. The number of carbonyl (C=O) groups excluding carboxylic acids is 2. The fourth-order valence-corrected chi connectivity index (χ4v) is 4.18. The average molecular weight is 465 g/mol. The molecule has 0 bridgehead atoms. The van der Waals surface area contributed by atoms with E-state index < -0.39 is 33.0 Å². The maximum absolute atomic E-state index is 13.3. The first-order valence-corrected chi connectivity index (χ1v) is 10.5. The Hall–Kier alpha value is -5.18. The van der Waals surface area contributed by atoms with E-state index in [-0.39, 0.29) is 21.9 Å². The first-order chi connectivity index (χ1) is 16.9. The van der Waals surface area contributed by atoms with Gasteiger partial charge in [-0.2, -0.15) is 0 Å². The van der Waals surface area contributed by atoms with E-state index in [2.05, 4.69) is 0 Å². The summed E-state index contributed by atoms with van der Waals surface area (Å²) >= 11 is 0. The highest BCUT2D eigenvalue weighted by Crippen LogP contribution is 2.41. The molecule has 0 fully saturated rings. The van der Waals surface area contributed by atoms with E-state index in [1.54, 1.807) is 24.3 Å². The SMILES string of the molecule is O=C1c2ccc([N+](=O)[O-])c3c([N+](=O)[O-])ccc(c23)C(=O)N1c1ccc(C=Cc2ccccc2)cc1. The number of hydrogen-bond donors (Lipinski definition) is 0. The fraction of sp³-hybridized carbons (Fsp3) is 0. The van der Waals surface area contributed by atoms with E-state index in [4.69, 9.17) is 0 Å². The summed E-state index contributed by atoms with van der Waals surface area (Å²) in [6.45, 7) is 0. The van der Waals surface area contributed by atoms with Crippen LogP contribution in [-0.2, 0) is 0 Å². The zero-order chi connectivity index (χ0) is 24.7. The highest BCUT2D eigenvalue weighted by atomic mass is 16.6. The van der Waals surface area contributed by atoms with Crippen molar-refractivity contribution < 1.29 is 19.4 Å². The second-order valence-electron chi connectivity index (χ2n) is 7.81. The van der Waals surface area contributed by atoms with Crippen molar-refractivity contribution in [2.24, 2.45) is 0 Å². The van der Waals surface area contributed by atoms with Crippen molar-refractivity contribution in [3.05, 3.63) is 121 Å². The number of nitrogens with zero attached hydrogens (tertiary/aromatic N) is 3. The van der Waals surface area contributed by atoms with Crippen LogP contribution in [0.4, 0.5) is 17.1 Å². The van der Waals surface area contributed by atoms with Gasteiger partial charge in [-0.1, -0.05) is 54.6 Å². The zero-order valence-electron chi connectivity index (χ0n) is 18.0. The Morgan fingerprint density at radius 1 is 0.600 bits per heavy atom. The van der Waals surface area contributed by atoms with Gasteiger partial charge >= 0.3 is 0 Å². The van der Waals surface area contributed by atoms with Crippen LogP contribution in [0.3, 0.4) is 0 Å². The molecule has 1 heterocycles. The molecule has 0 N–H and O–H groups in total. The Labute approximate surface area is 197 Å². The summed E-state index contributed by atoms with van der Waals surface area (Å²) in [5.41, 5.74) is 1.07. The molecule has 35 heavy (non-hydrogen) atoms. The molecular weight excluding hydrogens is 450 g/mol. The first kappa shape index (κ1) is 21.7. The molecule has 1 aliphatic rings. The molecular formula is C26H15N3O6. The van der Waals surface area contributed by atoms with Gasteiger partial charge in [0.05, 0.1) is 15.5 Å². The van der Waals surface area contributed by atoms with Crippen molar-refractivity contribution in [3.63, 3.8) is 0 Å². The summed E-state index contributed by atoms with van der Waals surface area (Å²) in [6, 6.07) is 21.0. The number of hydrogen-bond acceptors (Lipinski definition) is 6. The number of nitro benzene ring substituents is 2. The second-order valence-corrected chi connectivity index (χ2v) is 7.81. The summed E-state index contributed by atoms with van der Waals surface area (Å²) in [7, 11) is 0. The minimum Gasteiger partial charge on any atom is -0.268 e. The Kier molecular flexibility index (Phi) is 5.14. The third-order valence-electron chi connectivity index (χ3n) is 5.80. The van der Waals surface area contributed by atoms with Gasteiger partial charge in [0, 0.05) is 28.6 Å². The Morgan fingerprint density at radius 3 is 1.57 bits per heavy atom. The molecule has 0 spiro atoms. The molecule has 5 rings (SSSR count). The van der Waals surface area contributed by atoms with Crippen molar-refractivity contribution in [1.29, 1.82) is 0 Å². The lowest BCUT2D eigenvalue weighted by atomic mass is 9.91. The van der Waals surface area contributed by atoms with Gasteiger partial charge < -0.3 is 0 Å². The standard InChI is InChI=1S/C26H15N3O6/c30-25-19-12-14-21(28(32)33)24-22(29(34)35)15-13-20(23(19)24)26(31)27(25)18-10-8-17(9-11-18)7-6-16-4-2-1-3-5-16/h1-15H. The van der Waals surface area contributed by atoms with Crippen LogP contribution in [0.5, 0.6) is 0 Å². The molecule has 4 aromatic rings. The van der Waals surface area contributed by atoms with Crippen molar-refractivity contribution in [2.45, 2.75) is 0 Å². The van der Waals surface area contributed by atoms with Gasteiger partial charge in [0.15, 0.2) is 0 Å². The summed E-state index contributed by atoms with van der Waals surface area (Å²) in [5.74, 6) is -1.43. The van der Waals surface area contributed by atoms with Gasteiger partial charge in [-0.15, -0.1) is 0 Å². The van der Waals surface area contributed by atoms with Crippen molar-refractivity contribution in [1.82, 2.24) is 0 Å². The van der Waals surface area contributed by atoms with E-state index >= 15 is 0 Å². The van der Waals surface area contributed by atoms with E-state index in [1.165, 1.54) is 12.1 Å². The third kappa shape index (κ3) is 3.61. The molecule has 0 radical (unpaired) electrons. The molecule has 0 aromatic heterocycles. The van der Waals surface area contributed by atoms with Gasteiger partial charge in [-0.25, -0.2) is 4.90 Å². The van der Waals surface area contributed by atoms with Crippen molar-refractivity contribution in [2.75, 3.05) is 4.90 Å². The summed E-state index contributed by atoms with van der Waals surface area (Å²) < 4.78 is 0. The maximum atomic E-state index is 13.3. The lowest BCUT2D eigenvalue weighted by Crippen LogP contribution is -2.40. The number of non-ortho nitro benzene ring substituents is 2. The molecule has 170 valence electrons. The van der Waals surface area contributed by atoms with E-state index in [9.17, 15) is 29.8 Å². The monoisotopic (exact) mass is 465 g/mol.